The van der Waals surface area contributed by atoms with Crippen LogP contribution in [0.4, 0.5) is 10.5 Å². The number of amides is 5. The monoisotopic (exact) mass is 689 g/mol. The number of benzene rings is 1. The lowest BCUT2D eigenvalue weighted by atomic mass is 9.88. The molecule has 6 rings (SSSR count). The van der Waals surface area contributed by atoms with Crippen molar-refractivity contribution < 1.29 is 28.7 Å². The van der Waals surface area contributed by atoms with E-state index in [0.717, 1.165) is 49.7 Å². The lowest BCUT2D eigenvalue weighted by Crippen LogP contribution is -2.52. The van der Waals surface area contributed by atoms with Gasteiger partial charge in [-0.25, -0.2) is 4.79 Å². The highest BCUT2D eigenvalue weighted by Crippen LogP contribution is 2.51. The predicted molar refractivity (Wildman–Crippen MR) is 186 cm³/mol. The second kappa shape index (κ2) is 14.1. The molecule has 3 atom stereocenters. The van der Waals surface area contributed by atoms with Gasteiger partial charge in [-0.2, -0.15) is 5.10 Å². The van der Waals surface area contributed by atoms with E-state index in [1.165, 1.54) is 6.92 Å². The molecule has 13 heteroatoms. The normalized spacial score (nSPS) is 20.1. The molecule has 50 heavy (non-hydrogen) atoms. The molecule has 0 spiro atoms. The summed E-state index contributed by atoms with van der Waals surface area (Å²) < 4.78 is 7.35. The molecular weight excluding hydrogens is 638 g/mol. The Hall–Kier alpha value is -4.42. The molecule has 4 aliphatic rings. The molecule has 0 bridgehead atoms. The van der Waals surface area contributed by atoms with Crippen molar-refractivity contribution in [1.82, 2.24) is 30.6 Å². The van der Waals surface area contributed by atoms with Gasteiger partial charge in [-0.05, 0) is 126 Å². The summed E-state index contributed by atoms with van der Waals surface area (Å²) in [6.45, 7) is 11.1. The van der Waals surface area contributed by atoms with Crippen molar-refractivity contribution in [2.24, 2.45) is 23.7 Å². The topological polar surface area (TPSA) is 164 Å². The summed E-state index contributed by atoms with van der Waals surface area (Å²) in [6.07, 6.45) is 6.97. The van der Waals surface area contributed by atoms with Gasteiger partial charge in [0, 0.05) is 37.9 Å². The molecule has 2 heterocycles. The first-order valence-electron chi connectivity index (χ1n) is 18.0. The van der Waals surface area contributed by atoms with Crippen molar-refractivity contribution in [1.29, 1.82) is 0 Å². The summed E-state index contributed by atoms with van der Waals surface area (Å²) in [5, 5.41) is 16.4. The third kappa shape index (κ3) is 8.47. The van der Waals surface area contributed by atoms with Crippen LogP contribution in [0.5, 0.6) is 0 Å². The van der Waals surface area contributed by atoms with Gasteiger partial charge in [0.25, 0.3) is 5.91 Å². The fourth-order valence-electron chi connectivity index (χ4n) is 7.21. The van der Waals surface area contributed by atoms with Gasteiger partial charge in [0.2, 0.25) is 17.7 Å². The first-order valence-corrected chi connectivity index (χ1v) is 18.0. The fourth-order valence-corrected chi connectivity index (χ4v) is 7.21. The van der Waals surface area contributed by atoms with Gasteiger partial charge < -0.3 is 30.9 Å². The summed E-state index contributed by atoms with van der Waals surface area (Å²) in [7, 11) is 0. The quantitative estimate of drug-likeness (QED) is 0.256. The first kappa shape index (κ1) is 35.4. The van der Waals surface area contributed by atoms with Gasteiger partial charge in [0.05, 0.1) is 6.04 Å². The Morgan fingerprint density at radius 1 is 0.900 bits per heavy atom. The van der Waals surface area contributed by atoms with Gasteiger partial charge in [0.15, 0.2) is 0 Å². The molecule has 1 aromatic heterocycles. The zero-order valence-corrected chi connectivity index (χ0v) is 30.0. The number of nitrogens with one attached hydrogen (secondary N) is 4. The number of nitrogens with zero attached hydrogens (tertiary/aromatic N) is 3. The average Bonchev–Trinajstić information content (AvgIpc) is 3.90. The Balaban J connectivity index is 1.25. The predicted octanol–water partition coefficient (Wildman–Crippen LogP) is 4.46. The number of fused-ring (bicyclic) bond motifs is 1. The minimum absolute atomic E-state index is 0.0185. The van der Waals surface area contributed by atoms with E-state index in [0.29, 0.717) is 23.2 Å². The zero-order chi connectivity index (χ0) is 35.9. The zero-order valence-electron chi connectivity index (χ0n) is 30.0. The van der Waals surface area contributed by atoms with Crippen molar-refractivity contribution in [3.63, 3.8) is 0 Å². The number of aromatic nitrogens is 2. The number of hydrogen-bond donors (Lipinski definition) is 4. The molecule has 0 radical (unpaired) electrons. The summed E-state index contributed by atoms with van der Waals surface area (Å²) >= 11 is 0. The van der Waals surface area contributed by atoms with E-state index in [1.807, 2.05) is 26.0 Å². The molecular formula is C37H51N7O6. The second-order valence-corrected chi connectivity index (χ2v) is 15.8. The molecule has 3 aliphatic carbocycles. The smallest absolute Gasteiger partial charge is 0.410 e. The highest BCUT2D eigenvalue weighted by Gasteiger charge is 2.48. The fraction of sp³-hybridized carbons (Fsp3) is 0.622. The van der Waals surface area contributed by atoms with Crippen LogP contribution in [0, 0.1) is 23.7 Å². The van der Waals surface area contributed by atoms with E-state index in [1.54, 1.807) is 48.7 Å². The van der Waals surface area contributed by atoms with E-state index < -0.39 is 29.8 Å². The van der Waals surface area contributed by atoms with Crippen LogP contribution in [0.2, 0.25) is 0 Å². The third-order valence-electron chi connectivity index (χ3n) is 9.93. The molecule has 0 saturated heterocycles. The van der Waals surface area contributed by atoms with E-state index in [9.17, 15) is 24.0 Å². The molecule has 1 aromatic carbocycles. The first-order chi connectivity index (χ1) is 23.7. The van der Waals surface area contributed by atoms with E-state index in [4.69, 9.17) is 4.74 Å². The maximum Gasteiger partial charge on any atom is 0.410 e. The Labute approximate surface area is 293 Å². The molecule has 2 aromatic rings. The maximum atomic E-state index is 14.2. The van der Waals surface area contributed by atoms with Crippen LogP contribution in [0.15, 0.2) is 30.5 Å². The van der Waals surface area contributed by atoms with E-state index in [2.05, 4.69) is 26.4 Å². The molecule has 5 amide bonds. The number of hydrogen-bond acceptors (Lipinski definition) is 7. The number of ether oxygens (including phenoxy) is 1. The summed E-state index contributed by atoms with van der Waals surface area (Å²) in [5.41, 5.74) is 1.77. The third-order valence-corrected chi connectivity index (χ3v) is 9.93. The van der Waals surface area contributed by atoms with Gasteiger partial charge in [-0.1, -0.05) is 6.07 Å². The van der Waals surface area contributed by atoms with Gasteiger partial charge >= 0.3 is 6.09 Å². The Morgan fingerprint density at radius 3 is 2.14 bits per heavy atom. The maximum absolute atomic E-state index is 14.2. The Bertz CT molecular complexity index is 1620. The van der Waals surface area contributed by atoms with Crippen molar-refractivity contribution >= 4 is 35.4 Å². The van der Waals surface area contributed by atoms with Crippen LogP contribution in [-0.2, 0) is 25.7 Å². The van der Waals surface area contributed by atoms with Gasteiger partial charge in [-0.3, -0.25) is 23.9 Å². The average molecular weight is 690 g/mol. The second-order valence-electron chi connectivity index (χ2n) is 15.8. The van der Waals surface area contributed by atoms with Crippen molar-refractivity contribution in [2.45, 2.75) is 116 Å². The van der Waals surface area contributed by atoms with E-state index >= 15 is 0 Å². The Kier molecular flexibility index (Phi) is 9.96. The summed E-state index contributed by atoms with van der Waals surface area (Å²) in [5.74, 6) is -0.295. The molecule has 3 saturated carbocycles. The van der Waals surface area contributed by atoms with Crippen LogP contribution < -0.4 is 21.3 Å². The van der Waals surface area contributed by atoms with Gasteiger partial charge in [0.1, 0.15) is 23.4 Å². The molecule has 1 unspecified atom stereocenters. The summed E-state index contributed by atoms with van der Waals surface area (Å²) in [6, 6.07) is 5.19. The number of rotatable bonds is 12. The Morgan fingerprint density at radius 2 is 1.56 bits per heavy atom. The molecule has 3 fully saturated rings. The molecule has 1 aliphatic heterocycles. The van der Waals surface area contributed by atoms with Crippen molar-refractivity contribution in [2.75, 3.05) is 11.9 Å². The molecule has 13 nitrogen and oxygen atoms in total. The largest absolute Gasteiger partial charge is 0.444 e. The number of anilines is 1. The lowest BCUT2D eigenvalue weighted by Gasteiger charge is -2.37. The SMILES string of the molecule is CC(=O)N[C@@H](C(=O)NC1CN(C(=O)OC(C)(C)C)Cc2cc(NC(=O)[C@@H](NC(=O)c3ccnn3C(C)C)C(C3CC3)C3CC3)ccc21)C1CC1. The highest BCUT2D eigenvalue weighted by molar-refractivity contribution is 6.01. The van der Waals surface area contributed by atoms with Crippen molar-refractivity contribution in [3.8, 4) is 0 Å². The summed E-state index contributed by atoms with van der Waals surface area (Å²) in [4.78, 5) is 68.0. The van der Waals surface area contributed by atoms with Crippen LogP contribution in [0.25, 0.3) is 0 Å². The highest BCUT2D eigenvalue weighted by atomic mass is 16.6. The molecule has 4 N–H and O–H groups in total. The number of carbonyl (C=O) groups is 5. The van der Waals surface area contributed by atoms with Crippen molar-refractivity contribution in [3.05, 3.63) is 47.3 Å². The molecule has 270 valence electrons. The van der Waals surface area contributed by atoms with Gasteiger partial charge in [-0.15, -0.1) is 0 Å². The van der Waals surface area contributed by atoms with Crippen LogP contribution >= 0.6 is 0 Å². The number of carbonyl (C=O) groups excluding carboxylic acids is 5. The van der Waals surface area contributed by atoms with Crippen LogP contribution in [0.1, 0.15) is 114 Å². The minimum Gasteiger partial charge on any atom is -0.444 e. The lowest BCUT2D eigenvalue weighted by molar-refractivity contribution is -0.129. The van der Waals surface area contributed by atoms with Crippen LogP contribution in [0.3, 0.4) is 0 Å². The minimum atomic E-state index is -0.729. The van der Waals surface area contributed by atoms with E-state index in [-0.39, 0.29) is 54.6 Å². The standard InChI is InChI=1S/C37H51N7O6/c1-20(2)44-29(15-16-38-44)33(46)42-32(30(22-7-8-22)23-9-10-23)35(48)40-26-13-14-27-25(17-26)18-43(36(49)50-37(4,5)6)19-28(27)41-34(47)31(24-11-12-24)39-21(3)45/h13-17,20,22-24,28,30-32H,7-12,18-19H2,1-6H3,(H,39,45)(H,40,48)(H,41,47)(H,42,46)/t28?,31-,32+/m1/s1. The van der Waals surface area contributed by atoms with Crippen LogP contribution in [-0.4, -0.2) is 68.6 Å².